The quantitative estimate of drug-likeness (QED) is 0.453. The number of amides is 1. The summed E-state index contributed by atoms with van der Waals surface area (Å²) in [5.41, 5.74) is 2.24. The number of fused-ring (bicyclic) bond motifs is 1. The average molecular weight is 586 g/mol. The number of thiophene rings is 1. The predicted octanol–water partition coefficient (Wildman–Crippen LogP) is 3.71. The van der Waals surface area contributed by atoms with E-state index in [2.05, 4.69) is 32.0 Å². The molecule has 2 aliphatic heterocycles. The monoisotopic (exact) mass is 585 g/mol. The zero-order valence-corrected chi connectivity index (χ0v) is 20.9. The number of halogens is 6. The van der Waals surface area contributed by atoms with Gasteiger partial charge in [-0.25, -0.2) is 9.59 Å². The van der Waals surface area contributed by atoms with Gasteiger partial charge in [0.1, 0.15) is 6.10 Å². The number of hydrogen-bond acceptors (Lipinski definition) is 7. The number of carboxylic acids is 2. The Kier molecular flexibility index (Phi) is 11.7. The molecular weight excluding hydrogens is 560 g/mol. The number of likely N-dealkylation sites (tertiary alicyclic amines) is 1. The fourth-order valence-corrected chi connectivity index (χ4v) is 4.40. The smallest absolute Gasteiger partial charge is 0.475 e. The number of alkyl halides is 6. The number of carboxylic acid groups (broad SMARTS) is 2. The Hall–Kier alpha value is -3.24. The lowest BCUT2D eigenvalue weighted by atomic mass is 9.91. The van der Waals surface area contributed by atoms with Gasteiger partial charge < -0.3 is 20.3 Å². The Bertz CT molecular complexity index is 1040. The maximum Gasteiger partial charge on any atom is 0.490 e. The third kappa shape index (κ3) is 11.2. The van der Waals surface area contributed by atoms with Gasteiger partial charge in [-0.05, 0) is 59.8 Å². The van der Waals surface area contributed by atoms with Gasteiger partial charge in [0.25, 0.3) is 0 Å². The molecule has 16 heteroatoms. The molecule has 9 nitrogen and oxygen atoms in total. The number of hydrogen-bond donors (Lipinski definition) is 3. The summed E-state index contributed by atoms with van der Waals surface area (Å²) in [6, 6.07) is 7.90. The second-order valence-electron chi connectivity index (χ2n) is 8.46. The standard InChI is InChI=1S/C19H23N3O2S.2C2HF3O2/c23-19(21-10-16-3-1-2-6-20-16)17-9-15-4-7-22(12-18(15)24-17)11-14-5-8-25-13-14;2*3-2(4,5)1(6)7/h1-3,5-6,8,13,15,17-18H,4,7,9-12H2,(H,21,23);2*(H,6,7)/t15-,17-,18+;;/m0../s1. The normalized spacial score (nSPS) is 20.9. The molecular formula is C23H25F6N3O6S. The molecule has 1 amide bonds. The minimum absolute atomic E-state index is 0.00978. The fraction of sp³-hybridized carbons (Fsp3) is 0.478. The fourth-order valence-electron chi connectivity index (χ4n) is 3.74. The molecule has 0 spiro atoms. The van der Waals surface area contributed by atoms with Crippen molar-refractivity contribution in [2.24, 2.45) is 5.92 Å². The van der Waals surface area contributed by atoms with Crippen molar-refractivity contribution in [1.29, 1.82) is 0 Å². The summed E-state index contributed by atoms with van der Waals surface area (Å²) in [5.74, 6) is -5.02. The number of piperidine rings is 1. The lowest BCUT2D eigenvalue weighted by Gasteiger charge is -2.33. The first-order valence-electron chi connectivity index (χ1n) is 11.3. The first kappa shape index (κ1) is 32.0. The average Bonchev–Trinajstić information content (AvgIpc) is 3.52. The van der Waals surface area contributed by atoms with E-state index in [0.29, 0.717) is 12.5 Å². The Labute approximate surface area is 222 Å². The highest BCUT2D eigenvalue weighted by molar-refractivity contribution is 7.07. The van der Waals surface area contributed by atoms with Crippen molar-refractivity contribution in [2.75, 3.05) is 13.1 Å². The molecule has 2 aliphatic rings. The van der Waals surface area contributed by atoms with E-state index in [9.17, 15) is 31.1 Å². The number of rotatable bonds is 5. The van der Waals surface area contributed by atoms with Gasteiger partial charge in [-0.1, -0.05) is 6.07 Å². The molecule has 2 saturated heterocycles. The number of nitrogens with zero attached hydrogens (tertiary/aromatic N) is 2. The molecule has 4 heterocycles. The number of carbonyl (C=O) groups excluding carboxylic acids is 1. The molecule has 0 aliphatic carbocycles. The minimum atomic E-state index is -5.08. The van der Waals surface area contributed by atoms with Gasteiger partial charge in [0, 0.05) is 19.3 Å². The Morgan fingerprint density at radius 2 is 1.72 bits per heavy atom. The van der Waals surface area contributed by atoms with Crippen molar-refractivity contribution in [1.82, 2.24) is 15.2 Å². The van der Waals surface area contributed by atoms with Crippen molar-refractivity contribution >= 4 is 29.2 Å². The minimum Gasteiger partial charge on any atom is -0.475 e. The van der Waals surface area contributed by atoms with Crippen LogP contribution in [0, 0.1) is 5.92 Å². The summed E-state index contributed by atoms with van der Waals surface area (Å²) >= 11 is 1.74. The van der Waals surface area contributed by atoms with E-state index in [1.165, 1.54) is 5.56 Å². The zero-order chi connectivity index (χ0) is 29.2. The predicted molar refractivity (Wildman–Crippen MR) is 124 cm³/mol. The summed E-state index contributed by atoms with van der Waals surface area (Å²) in [4.78, 5) is 36.9. The van der Waals surface area contributed by atoms with Gasteiger partial charge in [0.15, 0.2) is 0 Å². The number of aliphatic carboxylic acids is 2. The van der Waals surface area contributed by atoms with E-state index in [0.717, 1.165) is 38.2 Å². The Morgan fingerprint density at radius 1 is 1.08 bits per heavy atom. The molecule has 3 N–H and O–H groups in total. The number of carbonyl (C=O) groups is 3. The third-order valence-electron chi connectivity index (χ3n) is 5.57. The van der Waals surface area contributed by atoms with Crippen molar-refractivity contribution in [2.45, 2.75) is 50.5 Å². The molecule has 0 unspecified atom stereocenters. The van der Waals surface area contributed by atoms with Crippen molar-refractivity contribution in [3.8, 4) is 0 Å². The van der Waals surface area contributed by atoms with E-state index in [-0.39, 0.29) is 18.1 Å². The lowest BCUT2D eigenvalue weighted by Crippen LogP contribution is -2.42. The third-order valence-corrected chi connectivity index (χ3v) is 6.30. The molecule has 2 aromatic rings. The SMILES string of the molecule is O=C(NCc1ccccn1)[C@@H]1C[C@@H]2CCN(Cc3ccsc3)C[C@H]2O1.O=C(O)C(F)(F)F.O=C(O)C(F)(F)F. The van der Waals surface area contributed by atoms with Crippen LogP contribution in [0.2, 0.25) is 0 Å². The van der Waals surface area contributed by atoms with Crippen LogP contribution in [-0.4, -0.2) is 75.6 Å². The molecule has 0 aromatic carbocycles. The first-order chi connectivity index (χ1) is 18.2. The number of pyridine rings is 1. The van der Waals surface area contributed by atoms with Crippen LogP contribution in [0.4, 0.5) is 26.3 Å². The molecule has 0 saturated carbocycles. The van der Waals surface area contributed by atoms with Crippen LogP contribution >= 0.6 is 11.3 Å². The maximum atomic E-state index is 12.4. The van der Waals surface area contributed by atoms with Crippen LogP contribution in [-0.2, 0) is 32.2 Å². The summed E-state index contributed by atoms with van der Waals surface area (Å²) in [6.07, 6.45) is -6.62. The highest BCUT2D eigenvalue weighted by Gasteiger charge is 2.42. The molecule has 2 fully saturated rings. The summed E-state index contributed by atoms with van der Waals surface area (Å²) in [7, 11) is 0. The van der Waals surface area contributed by atoms with Gasteiger partial charge in [0.2, 0.25) is 5.91 Å². The molecule has 216 valence electrons. The zero-order valence-electron chi connectivity index (χ0n) is 20.1. The summed E-state index contributed by atoms with van der Waals surface area (Å²) < 4.78 is 69.6. The first-order valence-corrected chi connectivity index (χ1v) is 12.3. The van der Waals surface area contributed by atoms with Gasteiger partial charge in [-0.3, -0.25) is 14.7 Å². The van der Waals surface area contributed by atoms with E-state index in [1.807, 2.05) is 18.2 Å². The molecule has 0 radical (unpaired) electrons. The topological polar surface area (TPSA) is 129 Å². The van der Waals surface area contributed by atoms with Crippen LogP contribution in [0.1, 0.15) is 24.1 Å². The van der Waals surface area contributed by atoms with E-state index < -0.39 is 24.3 Å². The van der Waals surface area contributed by atoms with Crippen molar-refractivity contribution in [3.63, 3.8) is 0 Å². The van der Waals surface area contributed by atoms with Gasteiger partial charge >= 0.3 is 24.3 Å². The highest BCUT2D eigenvalue weighted by atomic mass is 32.1. The Morgan fingerprint density at radius 3 is 2.23 bits per heavy atom. The number of nitrogens with one attached hydrogen (secondary N) is 1. The van der Waals surface area contributed by atoms with Crippen molar-refractivity contribution < 1.29 is 55.7 Å². The maximum absolute atomic E-state index is 12.4. The van der Waals surface area contributed by atoms with Gasteiger partial charge in [-0.2, -0.15) is 37.7 Å². The number of aromatic nitrogens is 1. The molecule has 4 rings (SSSR count). The van der Waals surface area contributed by atoms with E-state index in [4.69, 9.17) is 24.5 Å². The molecule has 2 aromatic heterocycles. The van der Waals surface area contributed by atoms with Crippen LogP contribution in [0.15, 0.2) is 41.2 Å². The van der Waals surface area contributed by atoms with Gasteiger partial charge in [-0.15, -0.1) is 0 Å². The molecule has 3 atom stereocenters. The second-order valence-corrected chi connectivity index (χ2v) is 9.24. The van der Waals surface area contributed by atoms with Gasteiger partial charge in [0.05, 0.1) is 18.3 Å². The highest BCUT2D eigenvalue weighted by Crippen LogP contribution is 2.34. The molecule has 0 bridgehead atoms. The van der Waals surface area contributed by atoms with Crippen LogP contribution in [0.25, 0.3) is 0 Å². The van der Waals surface area contributed by atoms with Crippen LogP contribution in [0.5, 0.6) is 0 Å². The van der Waals surface area contributed by atoms with Crippen LogP contribution < -0.4 is 5.32 Å². The largest absolute Gasteiger partial charge is 0.490 e. The molecule has 39 heavy (non-hydrogen) atoms. The summed E-state index contributed by atoms with van der Waals surface area (Å²) in [5, 5.41) is 21.5. The van der Waals surface area contributed by atoms with Crippen LogP contribution in [0.3, 0.4) is 0 Å². The van der Waals surface area contributed by atoms with Crippen molar-refractivity contribution in [3.05, 3.63) is 52.5 Å². The van der Waals surface area contributed by atoms with E-state index in [1.54, 1.807) is 17.5 Å². The lowest BCUT2D eigenvalue weighted by molar-refractivity contribution is -0.193. The second kappa shape index (κ2) is 14.2. The number of ether oxygens (including phenoxy) is 1. The summed E-state index contributed by atoms with van der Waals surface area (Å²) in [6.45, 7) is 3.44. The van der Waals surface area contributed by atoms with E-state index >= 15 is 0 Å². The Balaban J connectivity index is 0.000000317.